The van der Waals surface area contributed by atoms with Gasteiger partial charge in [-0.3, -0.25) is 4.98 Å². The zero-order valence-corrected chi connectivity index (χ0v) is 16.3. The summed E-state index contributed by atoms with van der Waals surface area (Å²) in [5, 5.41) is 11.5. The minimum absolute atomic E-state index is 0.000685. The molecule has 0 spiro atoms. The van der Waals surface area contributed by atoms with Crippen LogP contribution in [0.15, 0.2) is 59.5 Å². The predicted octanol–water partition coefficient (Wildman–Crippen LogP) is 5.08. The van der Waals surface area contributed by atoms with Gasteiger partial charge in [0.15, 0.2) is 0 Å². The molecular weight excluding hydrogens is 403 g/mol. The summed E-state index contributed by atoms with van der Waals surface area (Å²) in [5.41, 5.74) is 0.503. The molecule has 1 atom stereocenters. The van der Waals surface area contributed by atoms with Crippen molar-refractivity contribution in [3.63, 3.8) is 0 Å². The first-order valence-electron chi connectivity index (χ1n) is 8.65. The number of alkyl halides is 3. The molecule has 0 saturated heterocycles. The van der Waals surface area contributed by atoms with E-state index in [0.717, 1.165) is 17.4 Å². The molecule has 9 heteroatoms. The molecule has 29 heavy (non-hydrogen) atoms. The average Bonchev–Trinajstić information content (AvgIpc) is 3.20. The molecule has 3 heterocycles. The molecule has 0 aliphatic carbocycles. The maximum atomic E-state index is 13.7. The van der Waals surface area contributed by atoms with Crippen LogP contribution in [0.4, 0.5) is 18.9 Å². The van der Waals surface area contributed by atoms with Crippen LogP contribution in [-0.4, -0.2) is 28.0 Å². The van der Waals surface area contributed by atoms with Crippen LogP contribution in [0.1, 0.15) is 24.2 Å². The highest BCUT2D eigenvalue weighted by atomic mass is 32.1. The van der Waals surface area contributed by atoms with Gasteiger partial charge in [0, 0.05) is 46.2 Å². The lowest BCUT2D eigenvalue weighted by molar-refractivity contribution is -0.136. The van der Waals surface area contributed by atoms with Crippen molar-refractivity contribution in [2.75, 3.05) is 11.9 Å². The van der Waals surface area contributed by atoms with Crippen molar-refractivity contribution in [2.24, 2.45) is 0 Å². The summed E-state index contributed by atoms with van der Waals surface area (Å²) >= 11 is 1.15. The number of hydrogen-bond donors (Lipinski definition) is 1. The predicted molar refractivity (Wildman–Crippen MR) is 104 cm³/mol. The molecule has 1 aliphatic heterocycles. The van der Waals surface area contributed by atoms with Crippen LogP contribution in [0.2, 0.25) is 0 Å². The second-order valence-electron chi connectivity index (χ2n) is 6.68. The van der Waals surface area contributed by atoms with Crippen LogP contribution in [0.25, 0.3) is 10.1 Å². The number of rotatable bonds is 3. The van der Waals surface area contributed by atoms with Gasteiger partial charge in [0.2, 0.25) is 0 Å². The number of aromatic nitrogens is 1. The van der Waals surface area contributed by atoms with E-state index in [2.05, 4.69) is 4.98 Å². The third-order valence-electron chi connectivity index (χ3n) is 5.05. The van der Waals surface area contributed by atoms with Crippen molar-refractivity contribution >= 4 is 33.1 Å². The number of pyridine rings is 1. The molecule has 0 amide bonds. The molecule has 1 unspecified atom stereocenters. The zero-order chi connectivity index (χ0) is 20.9. The van der Waals surface area contributed by atoms with Gasteiger partial charge in [-0.15, -0.1) is 11.3 Å². The third kappa shape index (κ3) is 3.02. The molecule has 150 valence electrons. The van der Waals surface area contributed by atoms with Crippen molar-refractivity contribution in [3.05, 3.63) is 70.6 Å². The Labute approximate surface area is 168 Å². The van der Waals surface area contributed by atoms with Crippen LogP contribution < -0.4 is 4.90 Å². The molecule has 3 aromatic rings. The van der Waals surface area contributed by atoms with Crippen molar-refractivity contribution in [3.8, 4) is 0 Å². The van der Waals surface area contributed by atoms with Gasteiger partial charge in [-0.25, -0.2) is 4.79 Å². The van der Waals surface area contributed by atoms with Gasteiger partial charge in [-0.1, -0.05) is 12.1 Å². The fraction of sp³-hybridized carbons (Fsp3) is 0.200. The summed E-state index contributed by atoms with van der Waals surface area (Å²) in [6.45, 7) is 1.64. The van der Waals surface area contributed by atoms with Gasteiger partial charge in [0.05, 0.1) is 11.3 Å². The number of thiophene rings is 1. The topological polar surface area (TPSA) is 56.7 Å². The summed E-state index contributed by atoms with van der Waals surface area (Å²) in [7, 11) is 1.72. The van der Waals surface area contributed by atoms with Crippen LogP contribution in [-0.2, 0) is 11.0 Å². The van der Waals surface area contributed by atoms with Gasteiger partial charge >= 0.3 is 12.1 Å². The van der Waals surface area contributed by atoms with E-state index in [4.69, 9.17) is 0 Å². The molecule has 0 radical (unpaired) electrons. The molecule has 0 saturated carbocycles. The van der Waals surface area contributed by atoms with Gasteiger partial charge < -0.3 is 14.9 Å². The normalized spacial score (nSPS) is 17.5. The van der Waals surface area contributed by atoms with Gasteiger partial charge in [0.1, 0.15) is 11.9 Å². The lowest BCUT2D eigenvalue weighted by Crippen LogP contribution is -2.32. The average molecular weight is 419 g/mol. The molecule has 2 aromatic heterocycles. The highest BCUT2D eigenvalue weighted by molar-refractivity contribution is 7.17. The van der Waals surface area contributed by atoms with Crippen molar-refractivity contribution < 1.29 is 23.1 Å². The van der Waals surface area contributed by atoms with Crippen molar-refractivity contribution in [2.45, 2.75) is 19.3 Å². The van der Waals surface area contributed by atoms with E-state index in [9.17, 15) is 23.1 Å². The Morgan fingerprint density at radius 2 is 2.00 bits per heavy atom. The van der Waals surface area contributed by atoms with E-state index in [1.165, 1.54) is 11.0 Å². The van der Waals surface area contributed by atoms with E-state index in [1.54, 1.807) is 54.8 Å². The van der Waals surface area contributed by atoms with Crippen molar-refractivity contribution in [1.29, 1.82) is 0 Å². The van der Waals surface area contributed by atoms with E-state index in [-0.39, 0.29) is 16.8 Å². The molecule has 0 fully saturated rings. The highest BCUT2D eigenvalue weighted by Crippen LogP contribution is 2.48. The lowest BCUT2D eigenvalue weighted by Gasteiger charge is -2.32. The number of anilines is 1. The van der Waals surface area contributed by atoms with E-state index < -0.39 is 23.9 Å². The number of hydrogen-bond acceptors (Lipinski definition) is 5. The van der Waals surface area contributed by atoms with E-state index in [1.807, 2.05) is 0 Å². The number of allylic oxidation sites excluding steroid dienone is 1. The first-order valence-corrected chi connectivity index (χ1v) is 9.53. The molecule has 1 aromatic carbocycles. The monoisotopic (exact) mass is 419 g/mol. The first-order chi connectivity index (χ1) is 13.7. The maximum absolute atomic E-state index is 13.7. The van der Waals surface area contributed by atoms with Crippen LogP contribution in [0.5, 0.6) is 0 Å². The van der Waals surface area contributed by atoms with E-state index in [0.29, 0.717) is 16.0 Å². The molecule has 0 bridgehead atoms. The quantitative estimate of drug-likeness (QED) is 0.642. The summed E-state index contributed by atoms with van der Waals surface area (Å²) in [5.74, 6) is -1.20. The summed E-state index contributed by atoms with van der Waals surface area (Å²) < 4.78 is 41.6. The number of benzene rings is 1. The number of halogens is 3. The largest absolute Gasteiger partial charge is 0.477 e. The van der Waals surface area contributed by atoms with Crippen molar-refractivity contribution in [1.82, 2.24) is 9.88 Å². The zero-order valence-electron chi connectivity index (χ0n) is 15.4. The van der Waals surface area contributed by atoms with Crippen LogP contribution in [0.3, 0.4) is 0 Å². The lowest BCUT2D eigenvalue weighted by atomic mass is 10.1. The molecule has 1 N–H and O–H groups in total. The Hall–Kier alpha value is -3.07. The minimum Gasteiger partial charge on any atom is -0.477 e. The molecule has 5 nitrogen and oxygen atoms in total. The number of fused-ring (bicyclic) bond motifs is 1. The van der Waals surface area contributed by atoms with E-state index >= 15 is 0 Å². The first kappa shape index (κ1) is 19.3. The summed E-state index contributed by atoms with van der Waals surface area (Å²) in [6, 6.07) is 7.48. The Bertz CT molecular complexity index is 1120. The molecule has 4 rings (SSSR count). The Morgan fingerprint density at radius 1 is 1.24 bits per heavy atom. The Balaban J connectivity index is 2.01. The van der Waals surface area contributed by atoms with Crippen LogP contribution in [0, 0.1) is 0 Å². The molecule has 1 aliphatic rings. The summed E-state index contributed by atoms with van der Waals surface area (Å²) in [4.78, 5) is 19.4. The smallest absolute Gasteiger partial charge is 0.417 e. The third-order valence-corrected chi connectivity index (χ3v) is 5.99. The Kier molecular flexibility index (Phi) is 4.49. The number of nitrogens with zero attached hydrogens (tertiary/aromatic N) is 3. The Morgan fingerprint density at radius 3 is 2.62 bits per heavy atom. The fourth-order valence-electron chi connectivity index (χ4n) is 3.72. The van der Waals surface area contributed by atoms with Gasteiger partial charge in [-0.05, 0) is 25.1 Å². The maximum Gasteiger partial charge on any atom is 0.417 e. The second kappa shape index (κ2) is 6.77. The number of carboxylic acids is 1. The number of aliphatic carboxylic acids is 1. The fourth-order valence-corrected chi connectivity index (χ4v) is 4.68. The highest BCUT2D eigenvalue weighted by Gasteiger charge is 2.42. The number of carboxylic acid groups (broad SMARTS) is 1. The molecular formula is C20H16F3N3O2S. The van der Waals surface area contributed by atoms with Gasteiger partial charge in [-0.2, -0.15) is 13.2 Å². The minimum atomic E-state index is -4.56. The van der Waals surface area contributed by atoms with Crippen LogP contribution >= 0.6 is 11.3 Å². The second-order valence-corrected chi connectivity index (χ2v) is 7.59. The standard InChI is InChI=1S/C20H16F3N3O2S/c1-11-17(19(27)28)26(18(25(11)2)12-5-4-8-24-9-12)14-10-29-15-7-3-6-13(16(14)15)20(21,22)23/h3-10,18H,1-2H3,(H,27,28). The SMILES string of the molecule is CC1=C(C(=O)O)N(c2csc3cccc(C(F)(F)F)c23)C(c2cccnc2)N1C. The number of carbonyl (C=O) groups is 1. The summed E-state index contributed by atoms with van der Waals surface area (Å²) in [6.07, 6.45) is -2.02. The van der Waals surface area contributed by atoms with Gasteiger partial charge in [0.25, 0.3) is 0 Å².